The third-order valence-electron chi connectivity index (χ3n) is 4.48. The second-order valence-electron chi connectivity index (χ2n) is 6.19. The van der Waals surface area contributed by atoms with Crippen molar-refractivity contribution in [3.05, 3.63) is 41.7 Å². The topological polar surface area (TPSA) is 87.0 Å². The molecule has 0 radical (unpaired) electrons. The lowest BCUT2D eigenvalue weighted by molar-refractivity contribution is 0.193. The van der Waals surface area contributed by atoms with Crippen LogP contribution in [0, 0.1) is 13.8 Å². The Labute approximate surface area is 139 Å². The normalized spacial score (nSPS) is 17.6. The molecule has 2 amide bonds. The molecule has 7 heteroatoms. The number of carbonyl (C=O) groups is 1. The number of hydrogen-bond donors (Lipinski definition) is 2. The number of rotatable bonds is 2. The van der Waals surface area contributed by atoms with E-state index in [0.29, 0.717) is 18.3 Å². The van der Waals surface area contributed by atoms with Crippen molar-refractivity contribution in [2.75, 3.05) is 11.9 Å². The zero-order chi connectivity index (χ0) is 16.7. The molecule has 1 saturated heterocycles. The van der Waals surface area contributed by atoms with Gasteiger partial charge in [0, 0.05) is 23.9 Å². The fourth-order valence-electron chi connectivity index (χ4n) is 3.25. The van der Waals surface area contributed by atoms with Crippen molar-refractivity contribution in [1.29, 1.82) is 0 Å². The number of aromatic nitrogens is 3. The Hall–Kier alpha value is -2.83. The van der Waals surface area contributed by atoms with Crippen molar-refractivity contribution in [3.63, 3.8) is 0 Å². The Bertz CT molecular complexity index is 897. The highest BCUT2D eigenvalue weighted by atomic mass is 16.5. The maximum Gasteiger partial charge on any atom is 0.322 e. The van der Waals surface area contributed by atoms with E-state index in [9.17, 15) is 4.79 Å². The molecule has 3 aromatic rings. The molecule has 0 saturated carbocycles. The lowest BCUT2D eigenvalue weighted by Gasteiger charge is -2.22. The van der Waals surface area contributed by atoms with Gasteiger partial charge in [0.2, 0.25) is 5.89 Å². The molecular weight excluding hydrogens is 306 g/mol. The number of amides is 2. The Balaban J connectivity index is 1.57. The van der Waals surface area contributed by atoms with Gasteiger partial charge in [-0.1, -0.05) is 5.16 Å². The van der Waals surface area contributed by atoms with Crippen LogP contribution in [-0.2, 0) is 0 Å². The van der Waals surface area contributed by atoms with Crippen molar-refractivity contribution in [2.24, 2.45) is 0 Å². The summed E-state index contributed by atoms with van der Waals surface area (Å²) in [5.41, 5.74) is 2.84. The summed E-state index contributed by atoms with van der Waals surface area (Å²) in [4.78, 5) is 22.0. The Morgan fingerprint density at radius 2 is 2.29 bits per heavy atom. The predicted octanol–water partition coefficient (Wildman–Crippen LogP) is 3.54. The summed E-state index contributed by atoms with van der Waals surface area (Å²) >= 11 is 0. The van der Waals surface area contributed by atoms with Crippen LogP contribution in [0.1, 0.15) is 36.2 Å². The number of anilines is 1. The Kier molecular flexibility index (Phi) is 3.48. The van der Waals surface area contributed by atoms with Crippen LogP contribution < -0.4 is 5.32 Å². The van der Waals surface area contributed by atoms with Gasteiger partial charge in [-0.25, -0.2) is 4.79 Å². The number of carbonyl (C=O) groups excluding carboxylic acids is 1. The molecule has 2 aromatic heterocycles. The van der Waals surface area contributed by atoms with Crippen LogP contribution in [0.5, 0.6) is 0 Å². The number of aryl methyl sites for hydroxylation is 2. The minimum Gasteiger partial charge on any atom is -0.361 e. The summed E-state index contributed by atoms with van der Waals surface area (Å²) < 4.78 is 5.26. The molecule has 7 nitrogen and oxygen atoms in total. The van der Waals surface area contributed by atoms with E-state index < -0.39 is 0 Å². The highest BCUT2D eigenvalue weighted by Gasteiger charge is 2.34. The summed E-state index contributed by atoms with van der Waals surface area (Å²) in [6, 6.07) is 5.75. The zero-order valence-corrected chi connectivity index (χ0v) is 13.7. The maximum atomic E-state index is 12.7. The maximum absolute atomic E-state index is 12.7. The van der Waals surface area contributed by atoms with Gasteiger partial charge in [-0.05, 0) is 55.8 Å². The number of nitrogens with one attached hydrogen (secondary N) is 2. The van der Waals surface area contributed by atoms with Gasteiger partial charge >= 0.3 is 6.03 Å². The van der Waals surface area contributed by atoms with Gasteiger partial charge in [0.05, 0.1) is 0 Å². The molecule has 2 N–H and O–H groups in total. The smallest absolute Gasteiger partial charge is 0.322 e. The van der Waals surface area contributed by atoms with Gasteiger partial charge in [0.1, 0.15) is 6.04 Å². The molecule has 0 aliphatic carbocycles. The first-order valence-electron chi connectivity index (χ1n) is 8.07. The first-order chi connectivity index (χ1) is 11.6. The van der Waals surface area contributed by atoms with E-state index in [4.69, 9.17) is 4.52 Å². The first-order valence-corrected chi connectivity index (χ1v) is 8.07. The van der Waals surface area contributed by atoms with E-state index in [1.807, 2.05) is 25.3 Å². The number of likely N-dealkylation sites (tertiary alicyclic amines) is 1. The largest absolute Gasteiger partial charge is 0.361 e. The summed E-state index contributed by atoms with van der Waals surface area (Å²) in [6.45, 7) is 4.45. The van der Waals surface area contributed by atoms with Gasteiger partial charge in [0.15, 0.2) is 5.82 Å². The fourth-order valence-corrected chi connectivity index (χ4v) is 3.25. The third kappa shape index (κ3) is 2.51. The van der Waals surface area contributed by atoms with Crippen LogP contribution in [0.15, 0.2) is 28.9 Å². The second kappa shape index (κ2) is 5.67. The van der Waals surface area contributed by atoms with E-state index in [1.165, 1.54) is 0 Å². The van der Waals surface area contributed by atoms with Gasteiger partial charge in [0.25, 0.3) is 0 Å². The Morgan fingerprint density at radius 1 is 1.42 bits per heavy atom. The van der Waals surface area contributed by atoms with Gasteiger partial charge < -0.3 is 19.7 Å². The van der Waals surface area contributed by atoms with Crippen molar-refractivity contribution in [3.8, 4) is 0 Å². The second-order valence-corrected chi connectivity index (χ2v) is 6.19. The van der Waals surface area contributed by atoms with Gasteiger partial charge in [-0.2, -0.15) is 4.98 Å². The molecule has 4 rings (SSSR count). The minimum absolute atomic E-state index is 0.137. The summed E-state index contributed by atoms with van der Waals surface area (Å²) in [7, 11) is 0. The number of H-pyrrole nitrogens is 1. The molecule has 1 atom stereocenters. The molecule has 1 aliphatic heterocycles. The molecule has 24 heavy (non-hydrogen) atoms. The number of aromatic amines is 1. The van der Waals surface area contributed by atoms with Crippen LogP contribution in [0.4, 0.5) is 10.5 Å². The monoisotopic (exact) mass is 325 g/mol. The number of fused-ring (bicyclic) bond motifs is 1. The fraction of sp³-hybridized carbons (Fsp3) is 0.353. The standard InChI is InChI=1S/C17H19N5O2/c1-10-8-12-5-6-18-14(12)9-13(10)20-17(23)22-7-3-4-15(22)16-19-11(2)21-24-16/h5-6,8-9,15,18H,3-4,7H2,1-2H3,(H,20,23). The van der Waals surface area contributed by atoms with Gasteiger partial charge in [-0.3, -0.25) is 0 Å². The van der Waals surface area contributed by atoms with Crippen LogP contribution in [0.25, 0.3) is 10.9 Å². The highest BCUT2D eigenvalue weighted by molar-refractivity contribution is 5.94. The lowest BCUT2D eigenvalue weighted by atomic mass is 10.1. The van der Waals surface area contributed by atoms with Crippen molar-refractivity contribution < 1.29 is 9.32 Å². The van der Waals surface area contributed by atoms with E-state index in [2.05, 4.69) is 26.5 Å². The Morgan fingerprint density at radius 3 is 3.08 bits per heavy atom. The molecule has 0 bridgehead atoms. The van der Waals surface area contributed by atoms with Crippen LogP contribution in [-0.4, -0.2) is 32.6 Å². The number of benzene rings is 1. The molecule has 1 aromatic carbocycles. The van der Waals surface area contributed by atoms with Crippen LogP contribution in [0.2, 0.25) is 0 Å². The molecule has 3 heterocycles. The minimum atomic E-state index is -0.152. The van der Waals surface area contributed by atoms with E-state index >= 15 is 0 Å². The molecule has 124 valence electrons. The third-order valence-corrected chi connectivity index (χ3v) is 4.48. The summed E-state index contributed by atoms with van der Waals surface area (Å²) in [6.07, 6.45) is 3.65. The molecule has 0 spiro atoms. The summed E-state index contributed by atoms with van der Waals surface area (Å²) in [5, 5.41) is 7.98. The molecule has 1 aliphatic rings. The number of nitrogens with zero attached hydrogens (tertiary/aromatic N) is 3. The number of urea groups is 1. The molecular formula is C17H19N5O2. The SMILES string of the molecule is Cc1noc(C2CCCN2C(=O)Nc2cc3[nH]ccc3cc2C)n1. The molecule has 1 fully saturated rings. The zero-order valence-electron chi connectivity index (χ0n) is 13.7. The van der Waals surface area contributed by atoms with E-state index in [1.54, 1.807) is 11.8 Å². The van der Waals surface area contributed by atoms with Gasteiger partial charge in [-0.15, -0.1) is 0 Å². The predicted molar refractivity (Wildman–Crippen MR) is 89.8 cm³/mol. The highest BCUT2D eigenvalue weighted by Crippen LogP contribution is 2.32. The van der Waals surface area contributed by atoms with Crippen molar-refractivity contribution in [2.45, 2.75) is 32.7 Å². The van der Waals surface area contributed by atoms with Crippen molar-refractivity contribution >= 4 is 22.6 Å². The van der Waals surface area contributed by atoms with Crippen molar-refractivity contribution in [1.82, 2.24) is 20.0 Å². The first kappa shape index (κ1) is 14.7. The number of hydrogen-bond acceptors (Lipinski definition) is 4. The van der Waals surface area contributed by atoms with Crippen LogP contribution in [0.3, 0.4) is 0 Å². The molecule has 1 unspecified atom stereocenters. The average molecular weight is 325 g/mol. The average Bonchev–Trinajstić information content (AvgIpc) is 3.26. The van der Waals surface area contributed by atoms with Crippen LogP contribution >= 0.6 is 0 Å². The van der Waals surface area contributed by atoms with E-state index in [0.717, 1.165) is 35.0 Å². The van der Waals surface area contributed by atoms with E-state index in [-0.39, 0.29) is 12.1 Å². The lowest BCUT2D eigenvalue weighted by Crippen LogP contribution is -2.34. The quantitative estimate of drug-likeness (QED) is 0.754. The summed E-state index contributed by atoms with van der Waals surface area (Å²) in [5.74, 6) is 1.10.